The molecular formula is C16H23BrN2O. The van der Waals surface area contributed by atoms with Gasteiger partial charge < -0.3 is 10.6 Å². The van der Waals surface area contributed by atoms with Crippen LogP contribution in [-0.2, 0) is 4.79 Å². The molecule has 1 aliphatic rings. The minimum Gasteiger partial charge on any atom is -0.384 e. The Labute approximate surface area is 129 Å². The van der Waals surface area contributed by atoms with E-state index < -0.39 is 0 Å². The first-order valence-corrected chi connectivity index (χ1v) is 8.24. The van der Waals surface area contributed by atoms with Crippen molar-refractivity contribution >= 4 is 27.5 Å². The number of hydrogen-bond acceptors (Lipinski definition) is 2. The molecule has 110 valence electrons. The van der Waals surface area contributed by atoms with Crippen molar-refractivity contribution in [3.8, 4) is 0 Å². The smallest absolute Gasteiger partial charge is 0.221 e. The van der Waals surface area contributed by atoms with Gasteiger partial charge in [0.15, 0.2) is 0 Å². The second-order valence-electron chi connectivity index (χ2n) is 5.54. The Morgan fingerprint density at radius 1 is 1.30 bits per heavy atom. The first kappa shape index (κ1) is 15.4. The summed E-state index contributed by atoms with van der Waals surface area (Å²) in [5.74, 6) is 0.163. The molecule has 2 N–H and O–H groups in total. The Morgan fingerprint density at radius 2 is 2.05 bits per heavy atom. The fraction of sp³-hybridized carbons (Fsp3) is 0.562. The van der Waals surface area contributed by atoms with E-state index >= 15 is 0 Å². The van der Waals surface area contributed by atoms with Gasteiger partial charge in [0.25, 0.3) is 0 Å². The summed E-state index contributed by atoms with van der Waals surface area (Å²) < 4.78 is 1.09. The van der Waals surface area contributed by atoms with Gasteiger partial charge >= 0.3 is 0 Å². The summed E-state index contributed by atoms with van der Waals surface area (Å²) in [6.45, 7) is 2.74. The van der Waals surface area contributed by atoms with Crippen molar-refractivity contribution in [1.29, 1.82) is 0 Å². The number of hydrogen-bond donors (Lipinski definition) is 2. The Balaban J connectivity index is 1.69. The maximum Gasteiger partial charge on any atom is 0.221 e. The van der Waals surface area contributed by atoms with Crippen molar-refractivity contribution in [3.05, 3.63) is 28.2 Å². The molecule has 0 bridgehead atoms. The van der Waals surface area contributed by atoms with Crippen molar-refractivity contribution in [2.24, 2.45) is 0 Å². The standard InChI is InChI=1S/C16H23BrN2O/c1-12-7-8-14(11-15(12)17)18-10-9-16(20)19-13-5-3-2-4-6-13/h7-8,11,13,18H,2-6,9-10H2,1H3,(H,19,20). The van der Waals surface area contributed by atoms with Gasteiger partial charge in [-0.05, 0) is 37.5 Å². The topological polar surface area (TPSA) is 41.1 Å². The molecule has 0 spiro atoms. The lowest BCUT2D eigenvalue weighted by atomic mass is 9.95. The van der Waals surface area contributed by atoms with Crippen LogP contribution in [0.4, 0.5) is 5.69 Å². The van der Waals surface area contributed by atoms with E-state index in [0.717, 1.165) is 23.0 Å². The number of carbonyl (C=O) groups excluding carboxylic acids is 1. The van der Waals surface area contributed by atoms with Crippen LogP contribution in [0.2, 0.25) is 0 Å². The van der Waals surface area contributed by atoms with Crippen molar-refractivity contribution in [3.63, 3.8) is 0 Å². The number of aryl methyl sites for hydroxylation is 1. The van der Waals surface area contributed by atoms with Gasteiger partial charge in [0.05, 0.1) is 0 Å². The molecular weight excluding hydrogens is 316 g/mol. The average molecular weight is 339 g/mol. The van der Waals surface area contributed by atoms with Crippen LogP contribution in [0, 0.1) is 6.92 Å². The second kappa shape index (κ2) is 7.67. The molecule has 4 heteroatoms. The summed E-state index contributed by atoms with van der Waals surface area (Å²) in [6.07, 6.45) is 6.63. The largest absolute Gasteiger partial charge is 0.384 e. The van der Waals surface area contributed by atoms with Crippen LogP contribution in [0.1, 0.15) is 44.1 Å². The highest BCUT2D eigenvalue weighted by Gasteiger charge is 2.15. The molecule has 0 saturated heterocycles. The quantitative estimate of drug-likeness (QED) is 0.851. The third-order valence-electron chi connectivity index (χ3n) is 3.82. The molecule has 20 heavy (non-hydrogen) atoms. The summed E-state index contributed by atoms with van der Waals surface area (Å²) in [4.78, 5) is 11.9. The summed E-state index contributed by atoms with van der Waals surface area (Å²) in [5, 5.41) is 6.43. The van der Waals surface area contributed by atoms with Gasteiger partial charge in [-0.2, -0.15) is 0 Å². The first-order chi connectivity index (χ1) is 9.65. The molecule has 0 aromatic heterocycles. The summed E-state index contributed by atoms with van der Waals surface area (Å²) in [7, 11) is 0. The van der Waals surface area contributed by atoms with E-state index in [9.17, 15) is 4.79 Å². The van der Waals surface area contributed by atoms with Crippen LogP contribution in [0.25, 0.3) is 0 Å². The molecule has 1 saturated carbocycles. The predicted octanol–water partition coefficient (Wildman–Crippen LogP) is 4.01. The Morgan fingerprint density at radius 3 is 2.75 bits per heavy atom. The van der Waals surface area contributed by atoms with E-state index in [4.69, 9.17) is 0 Å². The summed E-state index contributed by atoms with van der Waals surface area (Å²) in [5.41, 5.74) is 2.26. The lowest BCUT2D eigenvalue weighted by Gasteiger charge is -2.22. The highest BCUT2D eigenvalue weighted by Crippen LogP contribution is 2.20. The molecule has 1 fully saturated rings. The lowest BCUT2D eigenvalue weighted by molar-refractivity contribution is -0.121. The molecule has 1 aromatic rings. The number of anilines is 1. The molecule has 0 atom stereocenters. The number of benzene rings is 1. The van der Waals surface area contributed by atoms with Crippen molar-refractivity contribution in [2.75, 3.05) is 11.9 Å². The molecule has 0 radical (unpaired) electrons. The van der Waals surface area contributed by atoms with Crippen LogP contribution < -0.4 is 10.6 Å². The average Bonchev–Trinajstić information content (AvgIpc) is 2.44. The molecule has 1 amide bonds. The van der Waals surface area contributed by atoms with Crippen LogP contribution >= 0.6 is 15.9 Å². The van der Waals surface area contributed by atoms with Gasteiger partial charge in [-0.3, -0.25) is 4.79 Å². The maximum absolute atomic E-state index is 11.9. The zero-order valence-corrected chi connectivity index (χ0v) is 13.6. The Bertz CT molecular complexity index is 456. The van der Waals surface area contributed by atoms with Crippen molar-refractivity contribution < 1.29 is 4.79 Å². The number of carbonyl (C=O) groups is 1. The predicted molar refractivity (Wildman–Crippen MR) is 87.0 cm³/mol. The zero-order valence-electron chi connectivity index (χ0n) is 12.0. The normalized spacial score (nSPS) is 15.9. The summed E-state index contributed by atoms with van der Waals surface area (Å²) in [6, 6.07) is 6.56. The highest BCUT2D eigenvalue weighted by molar-refractivity contribution is 9.10. The first-order valence-electron chi connectivity index (χ1n) is 7.44. The van der Waals surface area contributed by atoms with Gasteiger partial charge in [-0.1, -0.05) is 41.3 Å². The molecule has 0 aliphatic heterocycles. The van der Waals surface area contributed by atoms with Crippen molar-refractivity contribution in [1.82, 2.24) is 5.32 Å². The molecule has 3 nitrogen and oxygen atoms in total. The van der Waals surface area contributed by atoms with E-state index in [1.54, 1.807) is 0 Å². The molecule has 1 aromatic carbocycles. The van der Waals surface area contributed by atoms with Gasteiger partial charge in [-0.15, -0.1) is 0 Å². The highest BCUT2D eigenvalue weighted by atomic mass is 79.9. The third kappa shape index (κ3) is 4.82. The van der Waals surface area contributed by atoms with Crippen LogP contribution in [0.5, 0.6) is 0 Å². The van der Waals surface area contributed by atoms with E-state index in [0.29, 0.717) is 19.0 Å². The van der Waals surface area contributed by atoms with E-state index in [1.165, 1.54) is 24.8 Å². The number of nitrogens with one attached hydrogen (secondary N) is 2. The lowest BCUT2D eigenvalue weighted by Crippen LogP contribution is -2.36. The van der Waals surface area contributed by atoms with Gasteiger partial charge in [0, 0.05) is 29.2 Å². The molecule has 1 aliphatic carbocycles. The molecule has 0 heterocycles. The number of halogens is 1. The molecule has 0 unspecified atom stereocenters. The fourth-order valence-electron chi connectivity index (χ4n) is 2.57. The summed E-state index contributed by atoms with van der Waals surface area (Å²) >= 11 is 3.51. The minimum absolute atomic E-state index is 0.163. The van der Waals surface area contributed by atoms with Gasteiger partial charge in [0.1, 0.15) is 0 Å². The van der Waals surface area contributed by atoms with Crippen molar-refractivity contribution in [2.45, 2.75) is 51.5 Å². The molecule has 2 rings (SSSR count). The Hall–Kier alpha value is -1.03. The van der Waals surface area contributed by atoms with Crippen LogP contribution in [-0.4, -0.2) is 18.5 Å². The van der Waals surface area contributed by atoms with E-state index in [2.05, 4.69) is 39.6 Å². The Kier molecular flexibility index (Phi) is 5.89. The maximum atomic E-state index is 11.9. The number of rotatable bonds is 5. The minimum atomic E-state index is 0.163. The second-order valence-corrected chi connectivity index (χ2v) is 6.40. The van der Waals surface area contributed by atoms with E-state index in [1.807, 2.05) is 12.1 Å². The SMILES string of the molecule is Cc1ccc(NCCC(=O)NC2CCCCC2)cc1Br. The van der Waals surface area contributed by atoms with Gasteiger partial charge in [-0.25, -0.2) is 0 Å². The fourth-order valence-corrected chi connectivity index (χ4v) is 2.95. The van der Waals surface area contributed by atoms with Crippen LogP contribution in [0.3, 0.4) is 0 Å². The monoisotopic (exact) mass is 338 g/mol. The zero-order chi connectivity index (χ0) is 14.4. The van der Waals surface area contributed by atoms with Gasteiger partial charge in [0.2, 0.25) is 5.91 Å². The number of amides is 1. The van der Waals surface area contributed by atoms with E-state index in [-0.39, 0.29) is 5.91 Å². The third-order valence-corrected chi connectivity index (χ3v) is 4.68. The van der Waals surface area contributed by atoms with Crippen LogP contribution in [0.15, 0.2) is 22.7 Å².